The van der Waals surface area contributed by atoms with Gasteiger partial charge in [-0.1, -0.05) is 17.3 Å². The Morgan fingerprint density at radius 2 is 1.94 bits per heavy atom. The first-order valence-electron chi connectivity index (χ1n) is 10.1. The number of nitrogens with zero attached hydrogens (tertiary/aromatic N) is 4. The molecule has 1 aromatic carbocycles. The SMILES string of the molecule is CC1(C)[C@H](C(=O)O)N2C(=O)[C@@H](Cc3cn(CC(N)Cc4ccc(O)cc4)nn3)[C@H]2S1(=O)=O. The van der Waals surface area contributed by atoms with Gasteiger partial charge in [0.1, 0.15) is 17.2 Å². The number of nitrogens with two attached hydrogens (primary N) is 1. The van der Waals surface area contributed by atoms with Gasteiger partial charge in [0.2, 0.25) is 5.91 Å². The molecule has 4 N–H and O–H groups in total. The van der Waals surface area contributed by atoms with Crippen LogP contribution in [0, 0.1) is 5.92 Å². The van der Waals surface area contributed by atoms with Crippen molar-refractivity contribution in [1.29, 1.82) is 0 Å². The summed E-state index contributed by atoms with van der Waals surface area (Å²) < 4.78 is 25.9. The number of carbonyl (C=O) groups is 2. The quantitative estimate of drug-likeness (QED) is 0.460. The third kappa shape index (κ3) is 3.43. The third-order valence-corrected chi connectivity index (χ3v) is 9.16. The van der Waals surface area contributed by atoms with Crippen molar-refractivity contribution < 1.29 is 28.2 Å². The van der Waals surface area contributed by atoms with E-state index < -0.39 is 43.8 Å². The van der Waals surface area contributed by atoms with Crippen LogP contribution in [0.3, 0.4) is 0 Å². The number of hydrogen-bond acceptors (Lipinski definition) is 8. The summed E-state index contributed by atoms with van der Waals surface area (Å²) in [6, 6.07) is 5.05. The van der Waals surface area contributed by atoms with Crippen LogP contribution in [0.15, 0.2) is 30.5 Å². The molecule has 4 atom stereocenters. The summed E-state index contributed by atoms with van der Waals surface area (Å²) in [4.78, 5) is 25.3. The number of benzene rings is 1. The molecule has 4 rings (SSSR count). The Kier molecular flexibility index (Phi) is 5.24. The first-order chi connectivity index (χ1) is 14.9. The summed E-state index contributed by atoms with van der Waals surface area (Å²) in [7, 11) is -3.88. The second-order valence-electron chi connectivity index (χ2n) is 8.90. The molecule has 2 aliphatic heterocycles. The summed E-state index contributed by atoms with van der Waals surface area (Å²) in [6.45, 7) is 3.04. The monoisotopic (exact) mass is 463 g/mol. The summed E-state index contributed by atoms with van der Waals surface area (Å²) in [5.41, 5.74) is 7.57. The lowest BCUT2D eigenvalue weighted by molar-refractivity contribution is -0.163. The molecule has 172 valence electrons. The summed E-state index contributed by atoms with van der Waals surface area (Å²) in [5, 5.41) is 25.7. The number of aromatic nitrogens is 3. The van der Waals surface area contributed by atoms with Crippen LogP contribution < -0.4 is 5.73 Å². The molecule has 0 spiro atoms. The van der Waals surface area contributed by atoms with Gasteiger partial charge in [0.05, 0.1) is 22.9 Å². The van der Waals surface area contributed by atoms with E-state index in [1.165, 1.54) is 18.5 Å². The van der Waals surface area contributed by atoms with Gasteiger partial charge in [-0.2, -0.15) is 0 Å². The molecule has 3 heterocycles. The van der Waals surface area contributed by atoms with Gasteiger partial charge in [0.15, 0.2) is 9.84 Å². The first kappa shape index (κ1) is 22.2. The predicted octanol–water partition coefficient (Wildman–Crippen LogP) is -0.459. The van der Waals surface area contributed by atoms with Crippen molar-refractivity contribution >= 4 is 21.7 Å². The van der Waals surface area contributed by atoms with E-state index in [1.807, 2.05) is 0 Å². The number of amides is 1. The lowest BCUT2D eigenvalue weighted by Crippen LogP contribution is -2.64. The topological polar surface area (TPSA) is 169 Å². The zero-order chi connectivity index (χ0) is 23.4. The highest BCUT2D eigenvalue weighted by Gasteiger charge is 2.71. The maximum atomic E-state index is 13.0. The molecule has 2 aliphatic rings. The van der Waals surface area contributed by atoms with Crippen molar-refractivity contribution in [2.75, 3.05) is 0 Å². The number of aliphatic carboxylic acids is 1. The number of carboxylic acids is 1. The Morgan fingerprint density at radius 1 is 1.28 bits per heavy atom. The smallest absolute Gasteiger partial charge is 0.328 e. The van der Waals surface area contributed by atoms with E-state index in [4.69, 9.17) is 5.73 Å². The number of aromatic hydroxyl groups is 1. The number of phenols is 1. The van der Waals surface area contributed by atoms with E-state index in [9.17, 15) is 28.2 Å². The van der Waals surface area contributed by atoms with Crippen LogP contribution >= 0.6 is 0 Å². The molecule has 32 heavy (non-hydrogen) atoms. The molecule has 11 nitrogen and oxygen atoms in total. The number of β-lactam (4-membered cyclic amide) rings is 1. The highest BCUT2D eigenvalue weighted by atomic mass is 32.2. The number of hydrogen-bond donors (Lipinski definition) is 3. The predicted molar refractivity (Wildman–Crippen MR) is 112 cm³/mol. The van der Waals surface area contributed by atoms with Gasteiger partial charge in [0, 0.05) is 18.7 Å². The molecule has 0 radical (unpaired) electrons. The molecule has 1 unspecified atom stereocenters. The van der Waals surface area contributed by atoms with Crippen LogP contribution in [-0.4, -0.2) is 72.6 Å². The van der Waals surface area contributed by atoms with Crippen molar-refractivity contribution in [2.24, 2.45) is 11.7 Å². The minimum Gasteiger partial charge on any atom is -0.508 e. The van der Waals surface area contributed by atoms with E-state index in [1.54, 1.807) is 30.5 Å². The number of rotatable bonds is 7. The lowest BCUT2D eigenvalue weighted by atomic mass is 9.89. The number of carbonyl (C=O) groups excluding carboxylic acids is 1. The zero-order valence-corrected chi connectivity index (χ0v) is 18.4. The van der Waals surface area contributed by atoms with Gasteiger partial charge in [-0.3, -0.25) is 9.48 Å². The van der Waals surface area contributed by atoms with Gasteiger partial charge in [-0.15, -0.1) is 5.10 Å². The van der Waals surface area contributed by atoms with Crippen LogP contribution in [0.25, 0.3) is 0 Å². The Morgan fingerprint density at radius 3 is 2.56 bits per heavy atom. The van der Waals surface area contributed by atoms with Crippen molar-refractivity contribution in [3.05, 3.63) is 41.7 Å². The van der Waals surface area contributed by atoms with Crippen molar-refractivity contribution in [1.82, 2.24) is 19.9 Å². The Bertz CT molecular complexity index is 1160. The Hall–Kier alpha value is -2.99. The highest BCUT2D eigenvalue weighted by Crippen LogP contribution is 2.49. The second-order valence-corrected chi connectivity index (χ2v) is 11.5. The molecule has 1 amide bonds. The number of phenolic OH excluding ortho intramolecular Hbond substituents is 1. The Labute approximate surface area is 184 Å². The van der Waals surface area contributed by atoms with Crippen LogP contribution in [-0.2, 0) is 38.8 Å². The lowest BCUT2D eigenvalue weighted by Gasteiger charge is -2.42. The van der Waals surface area contributed by atoms with Gasteiger partial charge >= 0.3 is 5.97 Å². The molecular weight excluding hydrogens is 438 g/mol. The van der Waals surface area contributed by atoms with Gasteiger partial charge in [0.25, 0.3) is 0 Å². The van der Waals surface area contributed by atoms with Crippen LogP contribution in [0.5, 0.6) is 5.75 Å². The van der Waals surface area contributed by atoms with Crippen LogP contribution in [0.1, 0.15) is 25.1 Å². The van der Waals surface area contributed by atoms with E-state index in [-0.39, 0.29) is 18.2 Å². The average Bonchev–Trinajstić information content (AvgIpc) is 3.19. The summed E-state index contributed by atoms with van der Waals surface area (Å²) >= 11 is 0. The van der Waals surface area contributed by atoms with Gasteiger partial charge < -0.3 is 20.8 Å². The third-order valence-electron chi connectivity index (χ3n) is 6.28. The van der Waals surface area contributed by atoms with Crippen LogP contribution in [0.4, 0.5) is 0 Å². The molecule has 2 saturated heterocycles. The second kappa shape index (κ2) is 7.55. The normalized spacial score (nSPS) is 26.4. The van der Waals surface area contributed by atoms with E-state index in [0.717, 1.165) is 10.5 Å². The Balaban J connectivity index is 1.43. The highest BCUT2D eigenvalue weighted by molar-refractivity contribution is 7.93. The molecule has 12 heteroatoms. The fraction of sp³-hybridized carbons (Fsp3) is 0.500. The maximum Gasteiger partial charge on any atom is 0.328 e. The minimum atomic E-state index is -3.88. The molecule has 0 bridgehead atoms. The van der Waals surface area contributed by atoms with Gasteiger partial charge in [-0.05, 0) is 38.0 Å². The van der Waals surface area contributed by atoms with Crippen molar-refractivity contribution in [3.63, 3.8) is 0 Å². The fourth-order valence-electron chi connectivity index (χ4n) is 4.58. The molecular formula is C20H25N5O6S. The van der Waals surface area contributed by atoms with E-state index in [0.29, 0.717) is 18.7 Å². The fourth-order valence-corrected chi connectivity index (χ4v) is 6.90. The van der Waals surface area contributed by atoms with Gasteiger partial charge in [-0.25, -0.2) is 13.2 Å². The molecule has 2 fully saturated rings. The molecule has 0 aliphatic carbocycles. The zero-order valence-electron chi connectivity index (χ0n) is 17.6. The van der Waals surface area contributed by atoms with Crippen LogP contribution in [0.2, 0.25) is 0 Å². The molecule has 0 saturated carbocycles. The number of fused-ring (bicyclic) bond motifs is 1. The van der Waals surface area contributed by atoms with E-state index >= 15 is 0 Å². The molecule has 2 aromatic rings. The first-order valence-corrected chi connectivity index (χ1v) is 11.7. The van der Waals surface area contributed by atoms with E-state index in [2.05, 4.69) is 10.3 Å². The molecule has 1 aromatic heterocycles. The number of carboxylic acid groups (broad SMARTS) is 1. The summed E-state index contributed by atoms with van der Waals surface area (Å²) in [5.74, 6) is -2.55. The van der Waals surface area contributed by atoms with Crippen molar-refractivity contribution in [2.45, 2.75) is 55.4 Å². The largest absolute Gasteiger partial charge is 0.508 e. The maximum absolute atomic E-state index is 13.0. The standard InChI is InChI=1S/C20H25N5O6S/c1-20(2)16(19(28)29)25-17(27)15(18(25)32(20,30)31)8-13-10-24(23-22-13)9-12(21)7-11-3-5-14(26)6-4-11/h3-6,10,12,15-16,18,26H,7-9,21H2,1-2H3,(H,28,29)/t12?,15-,16+,18-/m1/s1. The summed E-state index contributed by atoms with van der Waals surface area (Å²) in [6.07, 6.45) is 2.22. The number of sulfone groups is 1. The minimum absolute atomic E-state index is 0.0504. The average molecular weight is 464 g/mol. The van der Waals surface area contributed by atoms with Crippen molar-refractivity contribution in [3.8, 4) is 5.75 Å².